The second kappa shape index (κ2) is 40.9. The zero-order valence-corrected chi connectivity index (χ0v) is 35.8. The molecule has 0 saturated heterocycles. The predicted molar refractivity (Wildman–Crippen MR) is 225 cm³/mol. The van der Waals surface area contributed by atoms with E-state index in [0.29, 0.717) is 6.42 Å². The van der Waals surface area contributed by atoms with E-state index in [1.807, 2.05) is 0 Å². The molecule has 0 rings (SSSR count). The SMILES string of the molecule is CC/C=C\C/C=C\C/C=C\CCCCCCCC(=O)O[C@H](COC(=O)CCCCCCCCCCCCCCCCCCCCCCC)COP(=O)(O)O. The minimum Gasteiger partial charge on any atom is -0.462 e. The molecule has 0 spiro atoms. The van der Waals surface area contributed by atoms with E-state index in [2.05, 4.69) is 54.8 Å². The van der Waals surface area contributed by atoms with Crippen LogP contribution in [0.4, 0.5) is 0 Å². The van der Waals surface area contributed by atoms with E-state index in [4.69, 9.17) is 19.3 Å². The van der Waals surface area contributed by atoms with Crippen molar-refractivity contribution in [3.8, 4) is 0 Å². The van der Waals surface area contributed by atoms with E-state index in [1.54, 1.807) is 0 Å². The number of carbonyl (C=O) groups is 2. The van der Waals surface area contributed by atoms with E-state index in [1.165, 1.54) is 116 Å². The summed E-state index contributed by atoms with van der Waals surface area (Å²) in [5.74, 6) is -0.896. The minimum atomic E-state index is -4.76. The Morgan fingerprint density at radius 2 is 0.889 bits per heavy atom. The number of phosphoric ester groups is 1. The molecule has 0 fully saturated rings. The lowest BCUT2D eigenvalue weighted by Crippen LogP contribution is -2.29. The molecular weight excluding hydrogens is 699 g/mol. The Morgan fingerprint density at radius 3 is 1.33 bits per heavy atom. The number of phosphoric acid groups is 1. The molecule has 0 aliphatic carbocycles. The highest BCUT2D eigenvalue weighted by Crippen LogP contribution is 2.36. The van der Waals surface area contributed by atoms with Gasteiger partial charge in [-0.3, -0.25) is 14.1 Å². The van der Waals surface area contributed by atoms with Gasteiger partial charge in [0.15, 0.2) is 6.10 Å². The topological polar surface area (TPSA) is 119 Å². The summed E-state index contributed by atoms with van der Waals surface area (Å²) in [4.78, 5) is 42.9. The summed E-state index contributed by atoms with van der Waals surface area (Å²) in [7, 11) is -4.76. The van der Waals surface area contributed by atoms with Crippen molar-refractivity contribution >= 4 is 19.8 Å². The molecule has 0 bridgehead atoms. The van der Waals surface area contributed by atoms with Crippen LogP contribution in [-0.2, 0) is 28.2 Å². The van der Waals surface area contributed by atoms with Crippen molar-refractivity contribution in [1.29, 1.82) is 0 Å². The van der Waals surface area contributed by atoms with Crippen LogP contribution in [0.1, 0.15) is 219 Å². The smallest absolute Gasteiger partial charge is 0.462 e. The highest BCUT2D eigenvalue weighted by Gasteiger charge is 2.22. The third-order valence-electron chi connectivity index (χ3n) is 9.67. The molecule has 0 radical (unpaired) electrons. The molecular formula is C45H83O8P. The van der Waals surface area contributed by atoms with E-state index in [9.17, 15) is 14.2 Å². The van der Waals surface area contributed by atoms with Crippen LogP contribution in [0, 0.1) is 0 Å². The monoisotopic (exact) mass is 783 g/mol. The third-order valence-corrected chi connectivity index (χ3v) is 10.2. The van der Waals surface area contributed by atoms with Gasteiger partial charge in [-0.25, -0.2) is 4.57 Å². The molecule has 0 saturated carbocycles. The van der Waals surface area contributed by atoms with Gasteiger partial charge in [-0.2, -0.15) is 0 Å². The number of hydrogen-bond acceptors (Lipinski definition) is 6. The van der Waals surface area contributed by atoms with Crippen LogP contribution in [-0.4, -0.2) is 41.0 Å². The number of allylic oxidation sites excluding steroid dienone is 6. The molecule has 8 nitrogen and oxygen atoms in total. The lowest BCUT2D eigenvalue weighted by molar-refractivity contribution is -0.161. The summed E-state index contributed by atoms with van der Waals surface area (Å²) in [6.45, 7) is 3.58. The number of esters is 2. The Kier molecular flexibility index (Phi) is 39.6. The molecule has 0 aliphatic heterocycles. The highest BCUT2D eigenvalue weighted by atomic mass is 31.2. The maximum atomic E-state index is 12.4. The number of unbranched alkanes of at least 4 members (excludes halogenated alkanes) is 25. The molecule has 0 aliphatic rings. The quantitative estimate of drug-likeness (QED) is 0.0272. The molecule has 0 aromatic carbocycles. The Hall–Kier alpha value is -1.73. The van der Waals surface area contributed by atoms with Gasteiger partial charge in [0.05, 0.1) is 6.61 Å². The average Bonchev–Trinajstić information content (AvgIpc) is 3.14. The van der Waals surface area contributed by atoms with Gasteiger partial charge in [-0.15, -0.1) is 0 Å². The zero-order chi connectivity index (χ0) is 39.6. The number of rotatable bonds is 41. The Balaban J connectivity index is 3.85. The molecule has 0 heterocycles. The van der Waals surface area contributed by atoms with E-state index in [-0.39, 0.29) is 19.4 Å². The van der Waals surface area contributed by atoms with Gasteiger partial charge in [-0.05, 0) is 44.9 Å². The highest BCUT2D eigenvalue weighted by molar-refractivity contribution is 7.46. The average molecular weight is 783 g/mol. The van der Waals surface area contributed by atoms with Crippen molar-refractivity contribution in [3.63, 3.8) is 0 Å². The second-order valence-electron chi connectivity index (χ2n) is 15.0. The fourth-order valence-electron chi connectivity index (χ4n) is 6.39. The molecule has 54 heavy (non-hydrogen) atoms. The Labute approximate surface area is 332 Å². The fourth-order valence-corrected chi connectivity index (χ4v) is 6.75. The predicted octanol–water partition coefficient (Wildman–Crippen LogP) is 13.7. The molecule has 1 atom stereocenters. The minimum absolute atomic E-state index is 0.194. The van der Waals surface area contributed by atoms with E-state index in [0.717, 1.165) is 70.6 Å². The second-order valence-corrected chi connectivity index (χ2v) is 16.2. The Bertz CT molecular complexity index is 973. The van der Waals surface area contributed by atoms with Gasteiger partial charge < -0.3 is 19.3 Å². The fraction of sp³-hybridized carbons (Fsp3) is 0.822. The zero-order valence-electron chi connectivity index (χ0n) is 34.9. The summed E-state index contributed by atoms with van der Waals surface area (Å²) < 4.78 is 26.4. The molecule has 316 valence electrons. The summed E-state index contributed by atoms with van der Waals surface area (Å²) in [6.07, 6.45) is 48.7. The first-order valence-electron chi connectivity index (χ1n) is 22.3. The number of carbonyl (C=O) groups excluding carboxylic acids is 2. The van der Waals surface area contributed by atoms with Crippen LogP contribution in [0.3, 0.4) is 0 Å². The Morgan fingerprint density at radius 1 is 0.500 bits per heavy atom. The van der Waals surface area contributed by atoms with Crippen LogP contribution in [0.2, 0.25) is 0 Å². The summed E-state index contributed by atoms with van der Waals surface area (Å²) >= 11 is 0. The van der Waals surface area contributed by atoms with Crippen LogP contribution in [0.15, 0.2) is 36.5 Å². The van der Waals surface area contributed by atoms with Crippen molar-refractivity contribution in [2.75, 3.05) is 13.2 Å². The number of hydrogen-bond donors (Lipinski definition) is 2. The summed E-state index contributed by atoms with van der Waals surface area (Å²) in [5, 5.41) is 0. The van der Waals surface area contributed by atoms with Crippen LogP contribution >= 0.6 is 7.82 Å². The van der Waals surface area contributed by atoms with Gasteiger partial charge in [0, 0.05) is 12.8 Å². The first-order valence-corrected chi connectivity index (χ1v) is 23.8. The maximum absolute atomic E-state index is 12.4. The first-order chi connectivity index (χ1) is 26.3. The van der Waals surface area contributed by atoms with Crippen LogP contribution in [0.5, 0.6) is 0 Å². The largest absolute Gasteiger partial charge is 0.469 e. The third kappa shape index (κ3) is 43.0. The van der Waals surface area contributed by atoms with Crippen molar-refractivity contribution in [1.82, 2.24) is 0 Å². The lowest BCUT2D eigenvalue weighted by atomic mass is 10.0. The van der Waals surface area contributed by atoms with E-state index < -0.39 is 32.5 Å². The van der Waals surface area contributed by atoms with Gasteiger partial charge in [-0.1, -0.05) is 198 Å². The summed E-state index contributed by atoms with van der Waals surface area (Å²) in [6, 6.07) is 0. The van der Waals surface area contributed by atoms with Crippen molar-refractivity contribution in [3.05, 3.63) is 36.5 Å². The van der Waals surface area contributed by atoms with E-state index >= 15 is 0 Å². The summed E-state index contributed by atoms with van der Waals surface area (Å²) in [5.41, 5.74) is 0. The molecule has 9 heteroatoms. The molecule has 0 aromatic heterocycles. The van der Waals surface area contributed by atoms with Crippen molar-refractivity contribution < 1.29 is 37.9 Å². The molecule has 0 amide bonds. The lowest BCUT2D eigenvalue weighted by Gasteiger charge is -2.18. The molecule has 0 unspecified atom stereocenters. The van der Waals surface area contributed by atoms with Crippen molar-refractivity contribution in [2.24, 2.45) is 0 Å². The van der Waals surface area contributed by atoms with Gasteiger partial charge >= 0.3 is 19.8 Å². The maximum Gasteiger partial charge on any atom is 0.469 e. The number of ether oxygens (including phenoxy) is 2. The standard InChI is InChI=1S/C45H83O8P/c1-3-5-7-9-11-13-15-17-19-20-21-22-23-24-26-27-29-31-33-35-37-39-44(46)51-41-43(42-52-54(48,49)50)53-45(47)40-38-36-34-32-30-28-25-18-16-14-12-10-8-6-4-2/h6,8,12,14,18,25,43H,3-5,7,9-11,13,15-17,19-24,26-42H2,1-2H3,(H2,48,49,50)/b8-6-,14-12-,25-18-/t43-/m1/s1. The van der Waals surface area contributed by atoms with Gasteiger partial charge in [0.1, 0.15) is 6.61 Å². The van der Waals surface area contributed by atoms with Gasteiger partial charge in [0.2, 0.25) is 0 Å². The normalized spacial score (nSPS) is 12.7. The van der Waals surface area contributed by atoms with Crippen molar-refractivity contribution in [2.45, 2.75) is 225 Å². The van der Waals surface area contributed by atoms with Crippen LogP contribution in [0.25, 0.3) is 0 Å². The van der Waals surface area contributed by atoms with Gasteiger partial charge in [0.25, 0.3) is 0 Å². The molecule has 2 N–H and O–H groups in total. The van der Waals surface area contributed by atoms with Crippen LogP contribution < -0.4 is 0 Å². The first kappa shape index (κ1) is 52.3. The molecule has 0 aromatic rings.